The molecule has 19 heavy (non-hydrogen) atoms. The molecule has 0 spiro atoms. The monoisotopic (exact) mass is 278 g/mol. The third-order valence-electron chi connectivity index (χ3n) is 2.51. The molecule has 0 aliphatic heterocycles. The van der Waals surface area contributed by atoms with Crippen molar-refractivity contribution in [1.29, 1.82) is 0 Å². The number of aromatic nitrogens is 2. The van der Waals surface area contributed by atoms with Crippen molar-refractivity contribution in [3.05, 3.63) is 47.7 Å². The summed E-state index contributed by atoms with van der Waals surface area (Å²) in [6, 6.07) is 8.63. The average Bonchev–Trinajstić information content (AvgIpc) is 2.91. The zero-order chi connectivity index (χ0) is 13.5. The summed E-state index contributed by atoms with van der Waals surface area (Å²) in [7, 11) is 0. The lowest BCUT2D eigenvalue weighted by Gasteiger charge is -2.07. The Labute approximate surface area is 116 Å². The van der Waals surface area contributed by atoms with Crippen LogP contribution in [0.5, 0.6) is 0 Å². The summed E-state index contributed by atoms with van der Waals surface area (Å²) in [6.45, 7) is 1.38. The number of hydrogen-bond donors (Lipinski definition) is 2. The maximum Gasteiger partial charge on any atom is 0.319 e. The zero-order valence-corrected chi connectivity index (χ0v) is 11.1. The third kappa shape index (κ3) is 4.63. The van der Waals surface area contributed by atoms with Crippen LogP contribution in [0.3, 0.4) is 0 Å². The third-order valence-corrected chi connectivity index (χ3v) is 2.76. The Morgan fingerprint density at radius 1 is 1.32 bits per heavy atom. The number of nitrogens with one attached hydrogen (secondary N) is 2. The van der Waals surface area contributed by atoms with Gasteiger partial charge in [-0.25, -0.2) is 4.79 Å². The number of nitrogens with zero attached hydrogens (tertiary/aromatic N) is 2. The molecule has 5 nitrogen and oxygen atoms in total. The van der Waals surface area contributed by atoms with E-state index in [1.54, 1.807) is 30.5 Å². The second-order valence-corrected chi connectivity index (χ2v) is 4.45. The highest BCUT2D eigenvalue weighted by Crippen LogP contribution is 2.12. The smallest absolute Gasteiger partial charge is 0.319 e. The molecule has 0 fully saturated rings. The van der Waals surface area contributed by atoms with Gasteiger partial charge in [-0.2, -0.15) is 5.10 Å². The van der Waals surface area contributed by atoms with Crippen molar-refractivity contribution >= 4 is 23.3 Å². The largest absolute Gasteiger partial charge is 0.338 e. The van der Waals surface area contributed by atoms with E-state index in [1.165, 1.54) is 0 Å². The highest BCUT2D eigenvalue weighted by Gasteiger charge is 2.00. The Bertz CT molecular complexity index is 510. The Kier molecular flexibility index (Phi) is 4.80. The van der Waals surface area contributed by atoms with Crippen LogP contribution < -0.4 is 10.6 Å². The lowest BCUT2D eigenvalue weighted by Crippen LogP contribution is -2.30. The summed E-state index contributed by atoms with van der Waals surface area (Å²) in [5.74, 6) is 0. The molecule has 0 saturated carbocycles. The van der Waals surface area contributed by atoms with E-state index in [0.29, 0.717) is 17.3 Å². The minimum absolute atomic E-state index is 0.220. The number of rotatable bonds is 5. The number of hydrogen-bond acceptors (Lipinski definition) is 2. The van der Waals surface area contributed by atoms with Gasteiger partial charge in [-0.15, -0.1) is 0 Å². The molecule has 2 aromatic rings. The molecule has 0 saturated heterocycles. The van der Waals surface area contributed by atoms with E-state index in [-0.39, 0.29) is 6.03 Å². The highest BCUT2D eigenvalue weighted by molar-refractivity contribution is 6.30. The normalized spacial score (nSPS) is 10.2. The number of urea groups is 1. The summed E-state index contributed by atoms with van der Waals surface area (Å²) in [5, 5.41) is 10.2. The van der Waals surface area contributed by atoms with E-state index < -0.39 is 0 Å². The van der Waals surface area contributed by atoms with Crippen molar-refractivity contribution in [1.82, 2.24) is 15.1 Å². The lowest BCUT2D eigenvalue weighted by atomic mass is 10.3. The van der Waals surface area contributed by atoms with Gasteiger partial charge >= 0.3 is 6.03 Å². The van der Waals surface area contributed by atoms with Crippen LogP contribution in [0.2, 0.25) is 5.02 Å². The second-order valence-electron chi connectivity index (χ2n) is 4.01. The van der Waals surface area contributed by atoms with Crippen molar-refractivity contribution in [2.45, 2.75) is 13.0 Å². The predicted molar refractivity (Wildman–Crippen MR) is 75.3 cm³/mol. The van der Waals surface area contributed by atoms with Crippen LogP contribution in [-0.2, 0) is 6.54 Å². The van der Waals surface area contributed by atoms with Crippen molar-refractivity contribution < 1.29 is 4.79 Å². The summed E-state index contributed by atoms with van der Waals surface area (Å²) in [5.41, 5.74) is 0.717. The maximum atomic E-state index is 11.6. The van der Waals surface area contributed by atoms with Gasteiger partial charge in [0.1, 0.15) is 0 Å². The first-order valence-electron chi connectivity index (χ1n) is 6.02. The number of aryl methyl sites for hydroxylation is 1. The Morgan fingerprint density at radius 3 is 2.79 bits per heavy atom. The topological polar surface area (TPSA) is 59.0 Å². The quantitative estimate of drug-likeness (QED) is 0.826. The maximum absolute atomic E-state index is 11.6. The number of anilines is 1. The highest BCUT2D eigenvalue weighted by atomic mass is 35.5. The Hall–Kier alpha value is -2.01. The molecular formula is C13H15ClN4O. The lowest BCUT2D eigenvalue weighted by molar-refractivity contribution is 0.251. The molecular weight excluding hydrogens is 264 g/mol. The first-order chi connectivity index (χ1) is 9.24. The van der Waals surface area contributed by atoms with Gasteiger partial charge in [0.15, 0.2) is 0 Å². The van der Waals surface area contributed by atoms with E-state index in [1.807, 2.05) is 16.9 Å². The van der Waals surface area contributed by atoms with Crippen molar-refractivity contribution in [3.8, 4) is 0 Å². The number of carbonyl (C=O) groups excluding carboxylic acids is 1. The fourth-order valence-electron chi connectivity index (χ4n) is 1.58. The first kappa shape index (κ1) is 13.4. The van der Waals surface area contributed by atoms with E-state index >= 15 is 0 Å². The van der Waals surface area contributed by atoms with Crippen LogP contribution in [-0.4, -0.2) is 22.4 Å². The van der Waals surface area contributed by atoms with Crippen LogP contribution in [0.15, 0.2) is 42.7 Å². The fourth-order valence-corrected chi connectivity index (χ4v) is 1.71. The van der Waals surface area contributed by atoms with Gasteiger partial charge in [0.05, 0.1) is 0 Å². The molecule has 2 N–H and O–H groups in total. The van der Waals surface area contributed by atoms with Crippen LogP contribution in [0.25, 0.3) is 0 Å². The standard InChI is InChI=1S/C13H15ClN4O/c14-11-3-5-12(6-4-11)17-13(19)15-7-1-9-18-10-2-8-16-18/h2-6,8,10H,1,7,9H2,(H2,15,17,19). The van der Waals surface area contributed by atoms with Crippen LogP contribution >= 0.6 is 11.6 Å². The van der Waals surface area contributed by atoms with Crippen LogP contribution in [0.4, 0.5) is 10.5 Å². The fraction of sp³-hybridized carbons (Fsp3) is 0.231. The molecule has 2 rings (SSSR count). The van der Waals surface area contributed by atoms with E-state index in [2.05, 4.69) is 15.7 Å². The zero-order valence-electron chi connectivity index (χ0n) is 10.3. The Balaban J connectivity index is 1.65. The van der Waals surface area contributed by atoms with Gasteiger partial charge in [0, 0.05) is 36.2 Å². The van der Waals surface area contributed by atoms with Gasteiger partial charge in [-0.05, 0) is 36.8 Å². The summed E-state index contributed by atoms with van der Waals surface area (Å²) in [6.07, 6.45) is 4.46. The van der Waals surface area contributed by atoms with Crippen molar-refractivity contribution in [2.75, 3.05) is 11.9 Å². The van der Waals surface area contributed by atoms with E-state index in [0.717, 1.165) is 13.0 Å². The SMILES string of the molecule is O=C(NCCCn1cccn1)Nc1ccc(Cl)cc1. The van der Waals surface area contributed by atoms with Gasteiger partial charge in [0.2, 0.25) is 0 Å². The van der Waals surface area contributed by atoms with Crippen LogP contribution in [0, 0.1) is 0 Å². The van der Waals surface area contributed by atoms with Gasteiger partial charge < -0.3 is 10.6 Å². The summed E-state index contributed by atoms with van der Waals surface area (Å²) >= 11 is 5.76. The average molecular weight is 279 g/mol. The molecule has 1 aromatic carbocycles. The Morgan fingerprint density at radius 2 is 2.11 bits per heavy atom. The first-order valence-corrected chi connectivity index (χ1v) is 6.40. The molecule has 0 aliphatic rings. The molecule has 0 bridgehead atoms. The molecule has 0 atom stereocenters. The number of carbonyl (C=O) groups is 1. The molecule has 2 amide bonds. The number of halogens is 1. The molecule has 1 aromatic heterocycles. The number of benzene rings is 1. The predicted octanol–water partition coefficient (Wildman–Crippen LogP) is 2.75. The van der Waals surface area contributed by atoms with Crippen molar-refractivity contribution in [2.24, 2.45) is 0 Å². The summed E-state index contributed by atoms with van der Waals surface area (Å²) in [4.78, 5) is 11.6. The summed E-state index contributed by atoms with van der Waals surface area (Å²) < 4.78 is 1.83. The van der Waals surface area contributed by atoms with Crippen LogP contribution in [0.1, 0.15) is 6.42 Å². The van der Waals surface area contributed by atoms with Gasteiger partial charge in [0.25, 0.3) is 0 Å². The van der Waals surface area contributed by atoms with Gasteiger partial charge in [-0.1, -0.05) is 11.6 Å². The van der Waals surface area contributed by atoms with E-state index in [4.69, 9.17) is 11.6 Å². The molecule has 6 heteroatoms. The molecule has 0 unspecified atom stereocenters. The second kappa shape index (κ2) is 6.80. The molecule has 100 valence electrons. The van der Waals surface area contributed by atoms with Crippen molar-refractivity contribution in [3.63, 3.8) is 0 Å². The molecule has 0 aliphatic carbocycles. The van der Waals surface area contributed by atoms with E-state index in [9.17, 15) is 4.79 Å². The minimum Gasteiger partial charge on any atom is -0.338 e. The number of amides is 2. The molecule has 1 heterocycles. The molecule has 0 radical (unpaired) electrons. The minimum atomic E-state index is -0.220. The van der Waals surface area contributed by atoms with Gasteiger partial charge in [-0.3, -0.25) is 4.68 Å².